The molecule has 7 heteroatoms. The van der Waals surface area contributed by atoms with Gasteiger partial charge in [-0.2, -0.15) is 13.2 Å². The van der Waals surface area contributed by atoms with Crippen LogP contribution in [0.2, 0.25) is 0 Å². The number of halogens is 3. The quantitative estimate of drug-likeness (QED) is 0.806. The fourth-order valence-corrected chi connectivity index (χ4v) is 2.14. The third kappa shape index (κ3) is 3.04. The minimum absolute atomic E-state index is 0.0838. The van der Waals surface area contributed by atoms with Crippen LogP contribution in [0, 0.1) is 0 Å². The summed E-state index contributed by atoms with van der Waals surface area (Å²) >= 11 is 0. The van der Waals surface area contributed by atoms with Gasteiger partial charge in [-0.1, -0.05) is 0 Å². The second kappa shape index (κ2) is 5.32. The maximum absolute atomic E-state index is 12.6. The van der Waals surface area contributed by atoms with Gasteiger partial charge in [0.15, 0.2) is 0 Å². The van der Waals surface area contributed by atoms with E-state index in [0.29, 0.717) is 19.7 Å². The van der Waals surface area contributed by atoms with Gasteiger partial charge in [0.2, 0.25) is 0 Å². The fourth-order valence-electron chi connectivity index (χ4n) is 2.14. The first-order valence-corrected chi connectivity index (χ1v) is 6.16. The van der Waals surface area contributed by atoms with Gasteiger partial charge in [0, 0.05) is 24.3 Å². The number of benzene rings is 1. The van der Waals surface area contributed by atoms with Gasteiger partial charge in [0.25, 0.3) is 5.91 Å². The van der Waals surface area contributed by atoms with Crippen molar-refractivity contribution in [1.29, 1.82) is 0 Å². The van der Waals surface area contributed by atoms with Crippen LogP contribution in [-0.4, -0.2) is 36.6 Å². The molecule has 110 valence electrons. The van der Waals surface area contributed by atoms with Gasteiger partial charge in [-0.3, -0.25) is 4.79 Å². The molecule has 1 atom stereocenters. The zero-order valence-corrected chi connectivity index (χ0v) is 10.9. The molecule has 1 aliphatic rings. The van der Waals surface area contributed by atoms with Crippen LogP contribution in [0.5, 0.6) is 0 Å². The molecule has 2 N–H and O–H groups in total. The van der Waals surface area contributed by atoms with E-state index in [1.807, 2.05) is 6.92 Å². The van der Waals surface area contributed by atoms with E-state index in [0.717, 1.165) is 18.2 Å². The monoisotopic (exact) mass is 288 g/mol. The first kappa shape index (κ1) is 14.6. The van der Waals surface area contributed by atoms with Crippen LogP contribution in [0.25, 0.3) is 0 Å². The van der Waals surface area contributed by atoms with E-state index in [4.69, 9.17) is 10.5 Å². The van der Waals surface area contributed by atoms with Gasteiger partial charge in [0.05, 0.1) is 18.3 Å². The van der Waals surface area contributed by atoms with Crippen molar-refractivity contribution in [2.24, 2.45) is 0 Å². The topological polar surface area (TPSA) is 55.6 Å². The molecule has 1 amide bonds. The molecule has 1 heterocycles. The number of hydrogen-bond donors (Lipinski definition) is 1. The molecule has 0 spiro atoms. The van der Waals surface area contributed by atoms with Crippen molar-refractivity contribution in [3.8, 4) is 0 Å². The number of hydrogen-bond acceptors (Lipinski definition) is 3. The average Bonchev–Trinajstić information content (AvgIpc) is 2.36. The molecule has 0 aromatic heterocycles. The van der Waals surface area contributed by atoms with E-state index in [1.54, 1.807) is 4.90 Å². The smallest absolute Gasteiger partial charge is 0.398 e. The Hall–Kier alpha value is -1.76. The highest BCUT2D eigenvalue weighted by atomic mass is 19.4. The fraction of sp³-hybridized carbons (Fsp3) is 0.462. The number of anilines is 1. The number of alkyl halides is 3. The van der Waals surface area contributed by atoms with Gasteiger partial charge in [-0.25, -0.2) is 0 Å². The molecule has 20 heavy (non-hydrogen) atoms. The van der Waals surface area contributed by atoms with Crippen LogP contribution < -0.4 is 5.73 Å². The maximum Gasteiger partial charge on any atom is 0.418 e. The van der Waals surface area contributed by atoms with Crippen molar-refractivity contribution >= 4 is 11.6 Å². The molecule has 0 aliphatic carbocycles. The molecular formula is C13H15F3N2O2. The molecule has 4 nitrogen and oxygen atoms in total. The summed E-state index contributed by atoms with van der Waals surface area (Å²) in [5, 5.41) is 0. The first-order valence-electron chi connectivity index (χ1n) is 6.16. The number of nitrogens with two attached hydrogens (primary N) is 1. The van der Waals surface area contributed by atoms with Gasteiger partial charge in [-0.15, -0.1) is 0 Å². The lowest BCUT2D eigenvalue weighted by Gasteiger charge is -2.31. The van der Waals surface area contributed by atoms with E-state index in [2.05, 4.69) is 0 Å². The predicted octanol–water partition coefficient (Wildman–Crippen LogP) is 2.15. The Kier molecular flexibility index (Phi) is 3.89. The standard InChI is InChI=1S/C13H15F3N2O2/c1-8-7-18(4-5-20-8)12(19)9-2-3-10(11(17)6-9)13(14,15)16/h2-3,6,8H,4-5,7,17H2,1H3. The minimum Gasteiger partial charge on any atom is -0.398 e. The summed E-state index contributed by atoms with van der Waals surface area (Å²) in [5.41, 5.74) is 4.18. The maximum atomic E-state index is 12.6. The SMILES string of the molecule is CC1CN(C(=O)c2ccc(C(F)(F)F)c(N)c2)CCO1. The highest BCUT2D eigenvalue weighted by Crippen LogP contribution is 2.34. The van der Waals surface area contributed by atoms with Gasteiger partial charge < -0.3 is 15.4 Å². The van der Waals surface area contributed by atoms with Gasteiger partial charge >= 0.3 is 6.18 Å². The molecule has 1 aromatic carbocycles. The Labute approximate surface area is 114 Å². The third-order valence-electron chi connectivity index (χ3n) is 3.13. The Balaban J connectivity index is 2.21. The highest BCUT2D eigenvalue weighted by Gasteiger charge is 2.33. The number of morpholine rings is 1. The molecule has 1 aliphatic heterocycles. The zero-order valence-electron chi connectivity index (χ0n) is 10.9. The summed E-state index contributed by atoms with van der Waals surface area (Å²) in [6.07, 6.45) is -4.60. The Morgan fingerprint density at radius 1 is 1.45 bits per heavy atom. The highest BCUT2D eigenvalue weighted by molar-refractivity contribution is 5.95. The Morgan fingerprint density at radius 3 is 2.70 bits per heavy atom. The lowest BCUT2D eigenvalue weighted by atomic mass is 10.1. The van der Waals surface area contributed by atoms with Crippen molar-refractivity contribution in [1.82, 2.24) is 4.90 Å². The number of ether oxygens (including phenoxy) is 1. The second-order valence-electron chi connectivity index (χ2n) is 4.73. The van der Waals surface area contributed by atoms with Crippen molar-refractivity contribution in [2.75, 3.05) is 25.4 Å². The lowest BCUT2D eigenvalue weighted by molar-refractivity contribution is -0.136. The number of amides is 1. The number of carbonyl (C=O) groups excluding carboxylic acids is 1. The molecular weight excluding hydrogens is 273 g/mol. The van der Waals surface area contributed by atoms with Crippen LogP contribution in [0.4, 0.5) is 18.9 Å². The molecule has 2 rings (SSSR count). The van der Waals surface area contributed by atoms with Crippen LogP contribution in [-0.2, 0) is 10.9 Å². The van der Waals surface area contributed by atoms with Crippen LogP contribution in [0.15, 0.2) is 18.2 Å². The van der Waals surface area contributed by atoms with E-state index < -0.39 is 17.4 Å². The van der Waals surface area contributed by atoms with Crippen molar-refractivity contribution in [3.05, 3.63) is 29.3 Å². The molecule has 1 aromatic rings. The molecule has 0 radical (unpaired) electrons. The summed E-state index contributed by atoms with van der Waals surface area (Å²) < 4.78 is 43.1. The zero-order chi connectivity index (χ0) is 14.9. The molecule has 1 saturated heterocycles. The third-order valence-corrected chi connectivity index (χ3v) is 3.13. The number of rotatable bonds is 1. The molecule has 1 unspecified atom stereocenters. The van der Waals surface area contributed by atoms with E-state index in [1.165, 1.54) is 0 Å². The van der Waals surface area contributed by atoms with E-state index in [-0.39, 0.29) is 17.6 Å². The summed E-state index contributed by atoms with van der Waals surface area (Å²) in [5.74, 6) is -0.333. The van der Waals surface area contributed by atoms with Crippen LogP contribution in [0.1, 0.15) is 22.8 Å². The number of carbonyl (C=O) groups is 1. The average molecular weight is 288 g/mol. The van der Waals surface area contributed by atoms with Crippen molar-refractivity contribution in [2.45, 2.75) is 19.2 Å². The van der Waals surface area contributed by atoms with Crippen LogP contribution >= 0.6 is 0 Å². The van der Waals surface area contributed by atoms with Gasteiger partial charge in [0.1, 0.15) is 0 Å². The summed E-state index contributed by atoms with van der Waals surface area (Å²) in [6.45, 7) is 3.09. The normalized spacial score (nSPS) is 20.0. The Morgan fingerprint density at radius 2 is 2.15 bits per heavy atom. The van der Waals surface area contributed by atoms with Crippen molar-refractivity contribution in [3.63, 3.8) is 0 Å². The predicted molar refractivity (Wildman–Crippen MR) is 67.2 cm³/mol. The van der Waals surface area contributed by atoms with Crippen LogP contribution in [0.3, 0.4) is 0 Å². The molecule has 0 bridgehead atoms. The number of nitrogen functional groups attached to an aromatic ring is 1. The summed E-state index contributed by atoms with van der Waals surface area (Å²) in [4.78, 5) is 13.7. The van der Waals surface area contributed by atoms with Gasteiger partial charge in [-0.05, 0) is 25.1 Å². The molecule has 0 saturated carbocycles. The van der Waals surface area contributed by atoms with E-state index >= 15 is 0 Å². The summed E-state index contributed by atoms with van der Waals surface area (Å²) in [7, 11) is 0. The second-order valence-corrected chi connectivity index (χ2v) is 4.73. The van der Waals surface area contributed by atoms with E-state index in [9.17, 15) is 18.0 Å². The Bertz CT molecular complexity index is 517. The number of nitrogens with zero attached hydrogens (tertiary/aromatic N) is 1. The van der Waals surface area contributed by atoms with Crippen molar-refractivity contribution < 1.29 is 22.7 Å². The summed E-state index contributed by atoms with van der Waals surface area (Å²) in [6, 6.07) is 3.07. The molecule has 1 fully saturated rings. The largest absolute Gasteiger partial charge is 0.418 e. The lowest BCUT2D eigenvalue weighted by Crippen LogP contribution is -2.44. The first-order chi connectivity index (χ1) is 9.29. The minimum atomic E-state index is -4.51.